The Bertz CT molecular complexity index is 1500. The van der Waals surface area contributed by atoms with Crippen LogP contribution in [0.3, 0.4) is 0 Å². The van der Waals surface area contributed by atoms with Gasteiger partial charge < -0.3 is 19.8 Å². The van der Waals surface area contributed by atoms with E-state index in [0.717, 1.165) is 12.1 Å². The van der Waals surface area contributed by atoms with Gasteiger partial charge in [-0.2, -0.15) is 13.2 Å². The van der Waals surface area contributed by atoms with Crippen molar-refractivity contribution >= 4 is 22.5 Å². The molecule has 5 aromatic rings. The molecule has 3 aromatic carbocycles. The average Bonchev–Trinajstić information content (AvgIpc) is 3.32. The Morgan fingerprint density at radius 2 is 1.74 bits per heavy atom. The zero-order valence-corrected chi connectivity index (χ0v) is 18.2. The minimum Gasteiger partial charge on any atom is -0.497 e. The van der Waals surface area contributed by atoms with Crippen molar-refractivity contribution in [2.45, 2.75) is 6.18 Å². The SMILES string of the molecule is COc1ccc2c(Oc3cccc(-c4nnc(Nc5cccc(C(F)(F)F)c5)[nH]4)c3)ncnc2c1. The van der Waals surface area contributed by atoms with Crippen LogP contribution in [0.4, 0.5) is 24.8 Å². The number of anilines is 2. The number of nitrogens with one attached hydrogen (secondary N) is 2. The van der Waals surface area contributed by atoms with Crippen molar-refractivity contribution in [3.05, 3.63) is 78.6 Å². The van der Waals surface area contributed by atoms with Crippen molar-refractivity contribution in [3.8, 4) is 28.8 Å². The molecule has 176 valence electrons. The fourth-order valence-electron chi connectivity index (χ4n) is 3.40. The van der Waals surface area contributed by atoms with Gasteiger partial charge in [0.25, 0.3) is 0 Å². The molecule has 0 spiro atoms. The summed E-state index contributed by atoms with van der Waals surface area (Å²) in [7, 11) is 1.58. The van der Waals surface area contributed by atoms with Gasteiger partial charge in [0.15, 0.2) is 5.82 Å². The zero-order chi connectivity index (χ0) is 24.4. The third-order valence-electron chi connectivity index (χ3n) is 5.07. The molecule has 0 amide bonds. The van der Waals surface area contributed by atoms with Gasteiger partial charge in [-0.25, -0.2) is 9.97 Å². The number of aromatic amines is 1. The summed E-state index contributed by atoms with van der Waals surface area (Å²) in [6.45, 7) is 0. The van der Waals surface area contributed by atoms with Gasteiger partial charge in [-0.1, -0.05) is 18.2 Å². The zero-order valence-electron chi connectivity index (χ0n) is 18.2. The summed E-state index contributed by atoms with van der Waals surface area (Å²) < 4.78 is 50.1. The van der Waals surface area contributed by atoms with Crippen LogP contribution < -0.4 is 14.8 Å². The molecule has 0 unspecified atom stereocenters. The first-order valence-electron chi connectivity index (χ1n) is 10.3. The van der Waals surface area contributed by atoms with Gasteiger partial charge in [0.2, 0.25) is 11.8 Å². The van der Waals surface area contributed by atoms with Crippen LogP contribution in [0.15, 0.2) is 73.1 Å². The monoisotopic (exact) mass is 478 g/mol. The molecule has 5 rings (SSSR count). The van der Waals surface area contributed by atoms with E-state index in [-0.39, 0.29) is 11.6 Å². The summed E-state index contributed by atoms with van der Waals surface area (Å²) >= 11 is 0. The first-order chi connectivity index (χ1) is 16.9. The van der Waals surface area contributed by atoms with E-state index in [1.54, 1.807) is 43.5 Å². The van der Waals surface area contributed by atoms with Crippen LogP contribution in [-0.2, 0) is 6.18 Å². The minimum atomic E-state index is -4.44. The van der Waals surface area contributed by atoms with Crippen LogP contribution in [0.5, 0.6) is 17.4 Å². The summed E-state index contributed by atoms with van der Waals surface area (Å²) in [5.74, 6) is 2.15. The number of methoxy groups -OCH3 is 1. The second kappa shape index (κ2) is 8.93. The Morgan fingerprint density at radius 1 is 0.886 bits per heavy atom. The molecule has 0 saturated heterocycles. The number of hydrogen-bond donors (Lipinski definition) is 2. The summed E-state index contributed by atoms with van der Waals surface area (Å²) in [4.78, 5) is 11.4. The maximum Gasteiger partial charge on any atom is 0.416 e. The maximum absolute atomic E-state index is 13.0. The Morgan fingerprint density at radius 3 is 2.57 bits per heavy atom. The quantitative estimate of drug-likeness (QED) is 0.310. The average molecular weight is 478 g/mol. The first kappa shape index (κ1) is 22.1. The van der Waals surface area contributed by atoms with E-state index in [1.165, 1.54) is 18.5 Å². The van der Waals surface area contributed by atoms with Crippen molar-refractivity contribution in [3.63, 3.8) is 0 Å². The van der Waals surface area contributed by atoms with Crippen LogP contribution >= 0.6 is 0 Å². The lowest BCUT2D eigenvalue weighted by atomic mass is 10.2. The third-order valence-corrected chi connectivity index (χ3v) is 5.07. The summed E-state index contributed by atoms with van der Waals surface area (Å²) in [5.41, 5.74) is 0.799. The van der Waals surface area contributed by atoms with Gasteiger partial charge in [-0.15, -0.1) is 10.2 Å². The van der Waals surface area contributed by atoms with E-state index in [0.29, 0.717) is 39.7 Å². The fraction of sp³-hybridized carbons (Fsp3) is 0.0833. The normalized spacial score (nSPS) is 11.4. The van der Waals surface area contributed by atoms with Crippen LogP contribution in [0.25, 0.3) is 22.3 Å². The number of nitrogens with zero attached hydrogens (tertiary/aromatic N) is 4. The second-order valence-electron chi connectivity index (χ2n) is 7.42. The summed E-state index contributed by atoms with van der Waals surface area (Å²) in [6, 6.07) is 17.3. The number of rotatable bonds is 6. The molecule has 0 atom stereocenters. The largest absolute Gasteiger partial charge is 0.497 e. The van der Waals surface area contributed by atoms with Crippen molar-refractivity contribution in [2.24, 2.45) is 0 Å². The fourth-order valence-corrected chi connectivity index (χ4v) is 3.40. The Balaban J connectivity index is 1.36. The lowest BCUT2D eigenvalue weighted by molar-refractivity contribution is -0.137. The summed E-state index contributed by atoms with van der Waals surface area (Å²) in [6.07, 6.45) is -3.03. The lowest BCUT2D eigenvalue weighted by Crippen LogP contribution is -2.05. The number of hydrogen-bond acceptors (Lipinski definition) is 7. The number of halogens is 3. The number of ether oxygens (including phenoxy) is 2. The van der Waals surface area contributed by atoms with Gasteiger partial charge >= 0.3 is 6.18 Å². The Hall–Kier alpha value is -4.67. The highest BCUT2D eigenvalue weighted by molar-refractivity contribution is 5.84. The molecule has 0 saturated carbocycles. The molecule has 0 aliphatic carbocycles. The molecule has 0 aliphatic rings. The van der Waals surface area contributed by atoms with Gasteiger partial charge in [-0.05, 0) is 42.5 Å². The molecule has 0 aliphatic heterocycles. The Labute approximate surface area is 196 Å². The molecular weight excluding hydrogens is 461 g/mol. The number of fused-ring (bicyclic) bond motifs is 1. The third kappa shape index (κ3) is 4.83. The van der Waals surface area contributed by atoms with E-state index in [2.05, 4.69) is 30.5 Å². The van der Waals surface area contributed by atoms with E-state index in [1.807, 2.05) is 6.07 Å². The number of aromatic nitrogens is 5. The standard InChI is InChI=1S/C24H17F3N6O2/c1-34-17-8-9-19-20(12-17)28-13-29-22(19)35-18-7-2-4-14(10-18)21-31-23(33-32-21)30-16-6-3-5-15(11-16)24(25,26)27/h2-13H,1H3,(H2,30,31,32,33). The van der Waals surface area contributed by atoms with Gasteiger partial charge in [0, 0.05) is 17.3 Å². The van der Waals surface area contributed by atoms with Crippen molar-refractivity contribution < 1.29 is 22.6 Å². The highest BCUT2D eigenvalue weighted by Gasteiger charge is 2.30. The number of H-pyrrole nitrogens is 1. The van der Waals surface area contributed by atoms with Crippen molar-refractivity contribution in [1.82, 2.24) is 25.1 Å². The highest BCUT2D eigenvalue weighted by Crippen LogP contribution is 2.32. The van der Waals surface area contributed by atoms with Gasteiger partial charge in [0.1, 0.15) is 17.8 Å². The lowest BCUT2D eigenvalue weighted by Gasteiger charge is -2.09. The van der Waals surface area contributed by atoms with Crippen LogP contribution in [0.2, 0.25) is 0 Å². The highest BCUT2D eigenvalue weighted by atomic mass is 19.4. The molecule has 0 fully saturated rings. The van der Waals surface area contributed by atoms with Crippen molar-refractivity contribution in [1.29, 1.82) is 0 Å². The first-order valence-corrected chi connectivity index (χ1v) is 10.3. The molecular formula is C24H17F3N6O2. The van der Waals surface area contributed by atoms with Crippen LogP contribution in [0, 0.1) is 0 Å². The van der Waals surface area contributed by atoms with E-state index in [4.69, 9.17) is 9.47 Å². The Kier molecular flexibility index (Phi) is 5.65. The summed E-state index contributed by atoms with van der Waals surface area (Å²) in [5, 5.41) is 11.6. The van der Waals surface area contributed by atoms with E-state index in [9.17, 15) is 13.2 Å². The van der Waals surface area contributed by atoms with E-state index < -0.39 is 11.7 Å². The molecule has 2 N–H and O–H groups in total. The van der Waals surface area contributed by atoms with Crippen molar-refractivity contribution in [2.75, 3.05) is 12.4 Å². The van der Waals surface area contributed by atoms with Gasteiger partial charge in [0.05, 0.1) is 23.6 Å². The minimum absolute atomic E-state index is 0.196. The second-order valence-corrected chi connectivity index (χ2v) is 7.42. The number of alkyl halides is 3. The topological polar surface area (TPSA) is 97.8 Å². The predicted molar refractivity (Wildman–Crippen MR) is 123 cm³/mol. The predicted octanol–water partition coefficient (Wildman–Crippen LogP) is 5.98. The molecule has 8 nitrogen and oxygen atoms in total. The number of benzene rings is 3. The van der Waals surface area contributed by atoms with Gasteiger partial charge in [-0.3, -0.25) is 0 Å². The van der Waals surface area contributed by atoms with Crippen LogP contribution in [-0.4, -0.2) is 32.3 Å². The molecule has 0 bridgehead atoms. The van der Waals surface area contributed by atoms with E-state index >= 15 is 0 Å². The molecule has 11 heteroatoms. The maximum atomic E-state index is 13.0. The van der Waals surface area contributed by atoms with Crippen LogP contribution in [0.1, 0.15) is 5.56 Å². The molecule has 2 aromatic heterocycles. The molecule has 0 radical (unpaired) electrons. The molecule has 35 heavy (non-hydrogen) atoms. The smallest absolute Gasteiger partial charge is 0.416 e. The molecule has 2 heterocycles.